The van der Waals surface area contributed by atoms with Gasteiger partial charge in [0.05, 0.1) is 5.60 Å². The first-order valence-electron chi connectivity index (χ1n) is 5.97. The summed E-state index contributed by atoms with van der Waals surface area (Å²) in [5, 5.41) is 13.3. The number of aryl methyl sites for hydroxylation is 1. The summed E-state index contributed by atoms with van der Waals surface area (Å²) in [5.41, 5.74) is 1.98. The SMILES string of the molecule is CCC(C)(O)CN[C@H](C)c1ccccc1C. The highest BCUT2D eigenvalue weighted by Gasteiger charge is 2.18. The minimum atomic E-state index is -0.614. The predicted octanol–water partition coefficient (Wildman–Crippen LogP) is 2.81. The van der Waals surface area contributed by atoms with Gasteiger partial charge >= 0.3 is 0 Å². The van der Waals surface area contributed by atoms with Crippen LogP contribution in [-0.2, 0) is 0 Å². The summed E-state index contributed by atoms with van der Waals surface area (Å²) in [5.74, 6) is 0. The molecule has 90 valence electrons. The second kappa shape index (κ2) is 5.46. The van der Waals surface area contributed by atoms with Crippen LogP contribution in [0.1, 0.15) is 44.4 Å². The molecule has 0 aliphatic rings. The van der Waals surface area contributed by atoms with Crippen LogP contribution >= 0.6 is 0 Å². The van der Waals surface area contributed by atoms with E-state index in [0.717, 1.165) is 6.42 Å². The Balaban J connectivity index is 2.60. The molecule has 2 N–H and O–H groups in total. The largest absolute Gasteiger partial charge is 0.389 e. The van der Waals surface area contributed by atoms with Crippen LogP contribution in [0, 0.1) is 6.92 Å². The number of hydrogen-bond donors (Lipinski definition) is 2. The zero-order valence-corrected chi connectivity index (χ0v) is 10.7. The fourth-order valence-electron chi connectivity index (χ4n) is 1.68. The van der Waals surface area contributed by atoms with Crippen LogP contribution < -0.4 is 5.32 Å². The smallest absolute Gasteiger partial charge is 0.0741 e. The molecule has 0 aliphatic heterocycles. The van der Waals surface area contributed by atoms with Crippen molar-refractivity contribution in [3.05, 3.63) is 35.4 Å². The molecule has 1 unspecified atom stereocenters. The van der Waals surface area contributed by atoms with Crippen LogP contribution in [0.3, 0.4) is 0 Å². The van der Waals surface area contributed by atoms with Gasteiger partial charge in [-0.05, 0) is 38.3 Å². The van der Waals surface area contributed by atoms with Crippen molar-refractivity contribution >= 4 is 0 Å². The molecule has 0 heterocycles. The molecule has 16 heavy (non-hydrogen) atoms. The normalized spacial score (nSPS) is 16.8. The summed E-state index contributed by atoms with van der Waals surface area (Å²) >= 11 is 0. The van der Waals surface area contributed by atoms with Gasteiger partial charge in [0, 0.05) is 12.6 Å². The predicted molar refractivity (Wildman–Crippen MR) is 68.5 cm³/mol. The zero-order valence-electron chi connectivity index (χ0n) is 10.7. The maximum absolute atomic E-state index is 9.93. The molecule has 2 heteroatoms. The fraction of sp³-hybridized carbons (Fsp3) is 0.571. The van der Waals surface area contributed by atoms with Crippen molar-refractivity contribution in [2.24, 2.45) is 0 Å². The van der Waals surface area contributed by atoms with Crippen molar-refractivity contribution < 1.29 is 5.11 Å². The van der Waals surface area contributed by atoms with E-state index in [9.17, 15) is 5.11 Å². The van der Waals surface area contributed by atoms with Crippen molar-refractivity contribution in [3.8, 4) is 0 Å². The molecule has 0 saturated heterocycles. The lowest BCUT2D eigenvalue weighted by atomic mass is 10.00. The third-order valence-corrected chi connectivity index (χ3v) is 3.21. The Hall–Kier alpha value is -0.860. The zero-order chi connectivity index (χ0) is 12.2. The lowest BCUT2D eigenvalue weighted by Crippen LogP contribution is -2.38. The van der Waals surface area contributed by atoms with E-state index < -0.39 is 5.60 Å². The maximum atomic E-state index is 9.93. The molecule has 0 saturated carbocycles. The third-order valence-electron chi connectivity index (χ3n) is 3.21. The number of benzene rings is 1. The molecule has 0 radical (unpaired) electrons. The minimum Gasteiger partial charge on any atom is -0.389 e. The summed E-state index contributed by atoms with van der Waals surface area (Å²) in [7, 11) is 0. The van der Waals surface area contributed by atoms with Crippen molar-refractivity contribution in [2.45, 2.75) is 45.8 Å². The van der Waals surface area contributed by atoms with Gasteiger partial charge < -0.3 is 10.4 Å². The van der Waals surface area contributed by atoms with Gasteiger partial charge in [-0.3, -0.25) is 0 Å². The quantitative estimate of drug-likeness (QED) is 0.801. The monoisotopic (exact) mass is 221 g/mol. The topological polar surface area (TPSA) is 32.3 Å². The van der Waals surface area contributed by atoms with Gasteiger partial charge in [0.2, 0.25) is 0 Å². The molecule has 0 bridgehead atoms. The van der Waals surface area contributed by atoms with Crippen LogP contribution in [0.5, 0.6) is 0 Å². The van der Waals surface area contributed by atoms with E-state index in [1.54, 1.807) is 0 Å². The van der Waals surface area contributed by atoms with Crippen molar-refractivity contribution in [1.29, 1.82) is 0 Å². The van der Waals surface area contributed by atoms with Crippen molar-refractivity contribution in [1.82, 2.24) is 5.32 Å². The molecule has 0 fully saturated rings. The lowest BCUT2D eigenvalue weighted by molar-refractivity contribution is 0.0533. The van der Waals surface area contributed by atoms with Crippen LogP contribution in [0.25, 0.3) is 0 Å². The Morgan fingerprint density at radius 1 is 1.38 bits per heavy atom. The average molecular weight is 221 g/mol. The van der Waals surface area contributed by atoms with Crippen LogP contribution in [-0.4, -0.2) is 17.3 Å². The summed E-state index contributed by atoms with van der Waals surface area (Å²) in [6, 6.07) is 8.63. The van der Waals surface area contributed by atoms with Crippen molar-refractivity contribution in [2.75, 3.05) is 6.54 Å². The molecule has 0 aromatic heterocycles. The number of aliphatic hydroxyl groups is 1. The van der Waals surface area contributed by atoms with E-state index in [-0.39, 0.29) is 6.04 Å². The molecule has 0 aliphatic carbocycles. The molecule has 1 rings (SSSR count). The van der Waals surface area contributed by atoms with Crippen molar-refractivity contribution in [3.63, 3.8) is 0 Å². The highest BCUT2D eigenvalue weighted by molar-refractivity contribution is 5.28. The Kier molecular flexibility index (Phi) is 4.51. The van der Waals surface area contributed by atoms with Crippen LogP contribution in [0.15, 0.2) is 24.3 Å². The number of rotatable bonds is 5. The van der Waals surface area contributed by atoms with Gasteiger partial charge in [0.1, 0.15) is 0 Å². The molecule has 0 spiro atoms. The van der Waals surface area contributed by atoms with Gasteiger partial charge in [0.15, 0.2) is 0 Å². The Morgan fingerprint density at radius 3 is 2.56 bits per heavy atom. The molecular formula is C14H23NO. The number of nitrogens with one attached hydrogen (secondary N) is 1. The molecule has 2 atom stereocenters. The van der Waals surface area contributed by atoms with Gasteiger partial charge in [-0.1, -0.05) is 31.2 Å². The van der Waals surface area contributed by atoms with Gasteiger partial charge in [-0.25, -0.2) is 0 Å². The Morgan fingerprint density at radius 2 is 2.00 bits per heavy atom. The molecule has 2 nitrogen and oxygen atoms in total. The molecule has 1 aromatic rings. The first-order valence-corrected chi connectivity index (χ1v) is 5.97. The standard InChI is InChI=1S/C14H23NO/c1-5-14(4,16)10-15-12(3)13-9-7-6-8-11(13)2/h6-9,12,15-16H,5,10H2,1-4H3/t12-,14?/m1/s1. The van der Waals surface area contributed by atoms with E-state index in [1.165, 1.54) is 11.1 Å². The van der Waals surface area contributed by atoms with Gasteiger partial charge in [-0.2, -0.15) is 0 Å². The second-order valence-corrected chi connectivity index (χ2v) is 4.81. The van der Waals surface area contributed by atoms with E-state index in [0.29, 0.717) is 6.54 Å². The van der Waals surface area contributed by atoms with E-state index in [2.05, 4.69) is 37.4 Å². The molecular weight excluding hydrogens is 198 g/mol. The van der Waals surface area contributed by atoms with E-state index in [4.69, 9.17) is 0 Å². The number of hydrogen-bond acceptors (Lipinski definition) is 2. The fourth-order valence-corrected chi connectivity index (χ4v) is 1.68. The van der Waals surface area contributed by atoms with Crippen LogP contribution in [0.4, 0.5) is 0 Å². The summed E-state index contributed by atoms with van der Waals surface area (Å²) in [6.45, 7) is 8.74. The highest BCUT2D eigenvalue weighted by Crippen LogP contribution is 2.17. The maximum Gasteiger partial charge on any atom is 0.0741 e. The van der Waals surface area contributed by atoms with Gasteiger partial charge in [-0.15, -0.1) is 0 Å². The first-order chi connectivity index (χ1) is 7.46. The van der Waals surface area contributed by atoms with E-state index >= 15 is 0 Å². The molecule has 1 aromatic carbocycles. The Bertz CT molecular complexity index is 333. The average Bonchev–Trinajstić information content (AvgIpc) is 2.27. The molecule has 0 amide bonds. The van der Waals surface area contributed by atoms with Crippen LogP contribution in [0.2, 0.25) is 0 Å². The first kappa shape index (κ1) is 13.2. The second-order valence-electron chi connectivity index (χ2n) is 4.81. The Labute approximate surface area is 98.7 Å². The minimum absolute atomic E-state index is 0.277. The summed E-state index contributed by atoms with van der Waals surface area (Å²) in [4.78, 5) is 0. The van der Waals surface area contributed by atoms with Gasteiger partial charge in [0.25, 0.3) is 0 Å². The third kappa shape index (κ3) is 3.62. The highest BCUT2D eigenvalue weighted by atomic mass is 16.3. The lowest BCUT2D eigenvalue weighted by Gasteiger charge is -2.25. The summed E-state index contributed by atoms with van der Waals surface area (Å²) in [6.07, 6.45) is 0.764. The summed E-state index contributed by atoms with van der Waals surface area (Å²) < 4.78 is 0. The van der Waals surface area contributed by atoms with E-state index in [1.807, 2.05) is 19.9 Å².